The van der Waals surface area contributed by atoms with Gasteiger partial charge in [-0.25, -0.2) is 9.78 Å². The van der Waals surface area contributed by atoms with Crippen molar-refractivity contribution < 1.29 is 9.90 Å². The van der Waals surface area contributed by atoms with E-state index in [0.29, 0.717) is 6.54 Å². The van der Waals surface area contributed by atoms with Crippen molar-refractivity contribution in [2.75, 3.05) is 6.54 Å². The lowest BCUT2D eigenvalue weighted by atomic mass is 10.1. The number of carboxylic acids is 1. The number of aromatic carboxylic acids is 1. The van der Waals surface area contributed by atoms with Gasteiger partial charge in [-0.3, -0.25) is 4.90 Å². The molecule has 3 rings (SSSR count). The highest BCUT2D eigenvalue weighted by Crippen LogP contribution is 2.24. The van der Waals surface area contributed by atoms with Gasteiger partial charge < -0.3 is 5.11 Å². The van der Waals surface area contributed by atoms with Gasteiger partial charge in [-0.1, -0.05) is 6.07 Å². The van der Waals surface area contributed by atoms with Crippen molar-refractivity contribution in [3.05, 3.63) is 51.5 Å². The smallest absolute Gasteiger partial charge is 0.354 e. The molecule has 2 aromatic rings. The lowest BCUT2D eigenvalue weighted by molar-refractivity contribution is 0.0690. The highest BCUT2D eigenvalue weighted by atomic mass is 32.1. The maximum absolute atomic E-state index is 10.9. The zero-order valence-corrected chi connectivity index (χ0v) is 11.2. The SMILES string of the molecule is O=C(O)c1cccc(CN2CCc3sccc3C2)n1. The van der Waals surface area contributed by atoms with Crippen LogP contribution in [0.15, 0.2) is 29.6 Å². The van der Waals surface area contributed by atoms with Gasteiger partial charge >= 0.3 is 5.97 Å². The Morgan fingerprint density at radius 2 is 2.32 bits per heavy atom. The van der Waals surface area contributed by atoms with E-state index in [1.807, 2.05) is 17.4 Å². The minimum atomic E-state index is -0.972. The molecular weight excluding hydrogens is 260 g/mol. The van der Waals surface area contributed by atoms with Gasteiger partial charge in [0.15, 0.2) is 0 Å². The maximum Gasteiger partial charge on any atom is 0.354 e. The number of hydrogen-bond acceptors (Lipinski definition) is 4. The second-order valence-corrected chi connectivity index (χ2v) is 5.65. The molecule has 1 aliphatic rings. The summed E-state index contributed by atoms with van der Waals surface area (Å²) >= 11 is 1.82. The van der Waals surface area contributed by atoms with Crippen molar-refractivity contribution in [3.8, 4) is 0 Å². The molecule has 0 saturated carbocycles. The Balaban J connectivity index is 1.72. The second kappa shape index (κ2) is 5.11. The first-order valence-corrected chi connectivity index (χ1v) is 7.07. The first-order valence-electron chi connectivity index (χ1n) is 6.19. The average molecular weight is 274 g/mol. The Bertz CT molecular complexity index is 609. The van der Waals surface area contributed by atoms with E-state index in [0.717, 1.165) is 25.2 Å². The van der Waals surface area contributed by atoms with Crippen molar-refractivity contribution in [1.29, 1.82) is 0 Å². The van der Waals surface area contributed by atoms with E-state index < -0.39 is 5.97 Å². The summed E-state index contributed by atoms with van der Waals surface area (Å²) in [6.07, 6.45) is 1.08. The molecule has 98 valence electrons. The summed E-state index contributed by atoms with van der Waals surface area (Å²) in [6.45, 7) is 2.64. The molecule has 4 nitrogen and oxygen atoms in total. The summed E-state index contributed by atoms with van der Waals surface area (Å²) in [6, 6.07) is 7.34. The van der Waals surface area contributed by atoms with Crippen molar-refractivity contribution in [2.24, 2.45) is 0 Å². The third kappa shape index (κ3) is 2.67. The third-order valence-corrected chi connectivity index (χ3v) is 4.32. The molecule has 1 N–H and O–H groups in total. The maximum atomic E-state index is 10.9. The highest BCUT2D eigenvalue weighted by molar-refractivity contribution is 7.10. The number of nitrogens with zero attached hydrogens (tertiary/aromatic N) is 2. The van der Waals surface area contributed by atoms with E-state index in [4.69, 9.17) is 5.11 Å². The van der Waals surface area contributed by atoms with E-state index in [1.165, 1.54) is 16.5 Å². The summed E-state index contributed by atoms with van der Waals surface area (Å²) in [5, 5.41) is 11.1. The molecule has 0 radical (unpaired) electrons. The number of pyridine rings is 1. The number of aromatic nitrogens is 1. The van der Waals surface area contributed by atoms with Gasteiger partial charge in [0, 0.05) is 24.5 Å². The molecule has 0 amide bonds. The monoisotopic (exact) mass is 274 g/mol. The van der Waals surface area contributed by atoms with Gasteiger partial charge in [-0.2, -0.15) is 0 Å². The molecule has 3 heterocycles. The van der Waals surface area contributed by atoms with Crippen LogP contribution in [0, 0.1) is 0 Å². The summed E-state index contributed by atoms with van der Waals surface area (Å²) in [5.74, 6) is -0.972. The Morgan fingerprint density at radius 3 is 3.16 bits per heavy atom. The van der Waals surface area contributed by atoms with Gasteiger partial charge in [-0.05, 0) is 35.6 Å². The van der Waals surface area contributed by atoms with Gasteiger partial charge in [0.05, 0.1) is 5.69 Å². The van der Waals surface area contributed by atoms with Crippen molar-refractivity contribution >= 4 is 17.3 Å². The van der Waals surface area contributed by atoms with Crippen molar-refractivity contribution in [3.63, 3.8) is 0 Å². The quantitative estimate of drug-likeness (QED) is 0.933. The lowest BCUT2D eigenvalue weighted by Crippen LogP contribution is -2.29. The van der Waals surface area contributed by atoms with Crippen LogP contribution in [0.3, 0.4) is 0 Å². The van der Waals surface area contributed by atoms with Crippen molar-refractivity contribution in [2.45, 2.75) is 19.5 Å². The van der Waals surface area contributed by atoms with Gasteiger partial charge in [-0.15, -0.1) is 11.3 Å². The Labute approximate surface area is 115 Å². The number of fused-ring (bicyclic) bond motifs is 1. The molecule has 0 unspecified atom stereocenters. The van der Waals surface area contributed by atoms with Gasteiger partial charge in [0.1, 0.15) is 5.69 Å². The molecule has 2 aromatic heterocycles. The van der Waals surface area contributed by atoms with Crippen LogP contribution in [-0.2, 0) is 19.5 Å². The number of thiophene rings is 1. The second-order valence-electron chi connectivity index (χ2n) is 4.65. The summed E-state index contributed by atoms with van der Waals surface area (Å²) in [4.78, 5) is 18.9. The van der Waals surface area contributed by atoms with Crippen LogP contribution in [-0.4, -0.2) is 27.5 Å². The topological polar surface area (TPSA) is 53.4 Å². The predicted octanol–water partition coefficient (Wildman–Crippen LogP) is 2.40. The van der Waals surface area contributed by atoms with Crippen LogP contribution in [0.25, 0.3) is 0 Å². The van der Waals surface area contributed by atoms with E-state index in [9.17, 15) is 4.79 Å². The molecular formula is C14H14N2O2S. The van der Waals surface area contributed by atoms with Crippen LogP contribution >= 0.6 is 11.3 Å². The fourth-order valence-electron chi connectivity index (χ4n) is 2.36. The highest BCUT2D eigenvalue weighted by Gasteiger charge is 2.17. The zero-order chi connectivity index (χ0) is 13.2. The summed E-state index contributed by atoms with van der Waals surface area (Å²) in [5.41, 5.74) is 2.33. The van der Waals surface area contributed by atoms with Crippen LogP contribution in [0.5, 0.6) is 0 Å². The number of rotatable bonds is 3. The fraction of sp³-hybridized carbons (Fsp3) is 0.286. The van der Waals surface area contributed by atoms with E-state index >= 15 is 0 Å². The molecule has 0 aromatic carbocycles. The largest absolute Gasteiger partial charge is 0.477 e. The minimum Gasteiger partial charge on any atom is -0.477 e. The van der Waals surface area contributed by atoms with E-state index in [1.54, 1.807) is 6.07 Å². The number of carbonyl (C=O) groups is 1. The predicted molar refractivity (Wildman–Crippen MR) is 73.3 cm³/mol. The molecule has 0 bridgehead atoms. The van der Waals surface area contributed by atoms with E-state index in [2.05, 4.69) is 21.3 Å². The van der Waals surface area contributed by atoms with Crippen LogP contribution in [0.2, 0.25) is 0 Å². The first-order chi connectivity index (χ1) is 9.22. The number of carboxylic acid groups (broad SMARTS) is 1. The molecule has 0 fully saturated rings. The van der Waals surface area contributed by atoms with Crippen LogP contribution in [0.1, 0.15) is 26.6 Å². The summed E-state index contributed by atoms with van der Waals surface area (Å²) < 4.78 is 0. The fourth-order valence-corrected chi connectivity index (χ4v) is 3.25. The first kappa shape index (κ1) is 12.3. The molecule has 1 aliphatic heterocycles. The summed E-state index contributed by atoms with van der Waals surface area (Å²) in [7, 11) is 0. The lowest BCUT2D eigenvalue weighted by Gasteiger charge is -2.26. The molecule has 0 spiro atoms. The minimum absolute atomic E-state index is 0.116. The molecule has 0 atom stereocenters. The Hall–Kier alpha value is -1.72. The van der Waals surface area contributed by atoms with Crippen LogP contribution < -0.4 is 0 Å². The van der Waals surface area contributed by atoms with Gasteiger partial charge in [0.25, 0.3) is 0 Å². The van der Waals surface area contributed by atoms with Gasteiger partial charge in [0.2, 0.25) is 0 Å². The normalized spacial score (nSPS) is 15.2. The number of hydrogen-bond donors (Lipinski definition) is 1. The Morgan fingerprint density at radius 1 is 1.42 bits per heavy atom. The average Bonchev–Trinajstić information content (AvgIpc) is 2.86. The zero-order valence-electron chi connectivity index (χ0n) is 10.4. The Kier molecular flexibility index (Phi) is 3.31. The molecule has 5 heteroatoms. The third-order valence-electron chi connectivity index (χ3n) is 3.30. The van der Waals surface area contributed by atoms with E-state index in [-0.39, 0.29) is 5.69 Å². The standard InChI is InChI=1S/C14H14N2O2S/c17-14(18)12-3-1-2-11(15-12)9-16-6-4-13-10(8-16)5-7-19-13/h1-3,5,7H,4,6,8-9H2,(H,17,18). The van der Waals surface area contributed by atoms with Crippen LogP contribution in [0.4, 0.5) is 0 Å². The van der Waals surface area contributed by atoms with Crippen molar-refractivity contribution in [1.82, 2.24) is 9.88 Å². The molecule has 0 saturated heterocycles. The molecule has 0 aliphatic carbocycles. The molecule has 19 heavy (non-hydrogen) atoms.